The Morgan fingerprint density at radius 2 is 2.00 bits per heavy atom. The van der Waals surface area contributed by atoms with E-state index in [1.54, 1.807) is 12.1 Å². The van der Waals surface area contributed by atoms with Crippen molar-refractivity contribution in [3.05, 3.63) is 28.2 Å². The molecule has 1 N–H and O–H groups in total. The first-order valence-electron chi connectivity index (χ1n) is 9.58. The third-order valence-corrected chi connectivity index (χ3v) is 5.21. The van der Waals surface area contributed by atoms with E-state index in [0.717, 1.165) is 37.9 Å². The molecular formula is C19H30N4O3. The molecule has 0 bridgehead atoms. The SMILES string of the molecule is CC(C)(C)c1ccc(=O)n(CC2CCCN2C(=O)NC2CCOCC2)n1. The second kappa shape index (κ2) is 7.78. The largest absolute Gasteiger partial charge is 0.381 e. The van der Waals surface area contributed by atoms with Crippen LogP contribution in [0.3, 0.4) is 0 Å². The van der Waals surface area contributed by atoms with Crippen LogP contribution in [0.5, 0.6) is 0 Å². The number of nitrogens with one attached hydrogen (secondary N) is 1. The van der Waals surface area contributed by atoms with Crippen molar-refractivity contribution in [3.8, 4) is 0 Å². The summed E-state index contributed by atoms with van der Waals surface area (Å²) in [5, 5.41) is 7.67. The maximum absolute atomic E-state index is 12.7. The van der Waals surface area contributed by atoms with E-state index in [-0.39, 0.29) is 29.1 Å². The second-order valence-corrected chi connectivity index (χ2v) is 8.31. The minimum absolute atomic E-state index is 0.00950. The topological polar surface area (TPSA) is 76.5 Å². The van der Waals surface area contributed by atoms with Gasteiger partial charge >= 0.3 is 6.03 Å². The van der Waals surface area contributed by atoms with Gasteiger partial charge in [0.2, 0.25) is 0 Å². The summed E-state index contributed by atoms with van der Waals surface area (Å²) in [6, 6.07) is 3.54. The number of ether oxygens (including phenoxy) is 1. The number of amides is 2. The van der Waals surface area contributed by atoms with Crippen molar-refractivity contribution >= 4 is 6.03 Å². The van der Waals surface area contributed by atoms with Gasteiger partial charge in [-0.1, -0.05) is 20.8 Å². The molecule has 144 valence electrons. The maximum atomic E-state index is 12.7. The molecule has 26 heavy (non-hydrogen) atoms. The van der Waals surface area contributed by atoms with Crippen LogP contribution >= 0.6 is 0 Å². The predicted octanol–water partition coefficient (Wildman–Crippen LogP) is 1.89. The lowest BCUT2D eigenvalue weighted by atomic mass is 9.92. The standard InChI is InChI=1S/C19H30N4O3/c1-19(2,3)16-6-7-17(24)23(21-16)13-15-5-4-10-22(15)18(25)20-14-8-11-26-12-9-14/h6-7,14-15H,4-5,8-13H2,1-3H3,(H,20,25). The van der Waals surface area contributed by atoms with E-state index in [9.17, 15) is 9.59 Å². The smallest absolute Gasteiger partial charge is 0.317 e. The molecule has 2 fully saturated rings. The quantitative estimate of drug-likeness (QED) is 0.891. The molecule has 7 heteroatoms. The lowest BCUT2D eigenvalue weighted by molar-refractivity contribution is 0.0776. The van der Waals surface area contributed by atoms with Gasteiger partial charge in [-0.3, -0.25) is 4.79 Å². The van der Waals surface area contributed by atoms with Crippen molar-refractivity contribution in [3.63, 3.8) is 0 Å². The summed E-state index contributed by atoms with van der Waals surface area (Å²) in [7, 11) is 0. The van der Waals surface area contributed by atoms with Crippen LogP contribution in [0.2, 0.25) is 0 Å². The Hall–Kier alpha value is -1.89. The summed E-state index contributed by atoms with van der Waals surface area (Å²) in [5.41, 5.74) is 0.647. The van der Waals surface area contributed by atoms with Crippen molar-refractivity contribution in [1.29, 1.82) is 0 Å². The number of hydrogen-bond donors (Lipinski definition) is 1. The Balaban J connectivity index is 1.68. The number of nitrogens with zero attached hydrogens (tertiary/aromatic N) is 3. The molecule has 0 aliphatic carbocycles. The van der Waals surface area contributed by atoms with E-state index in [1.807, 2.05) is 4.90 Å². The highest BCUT2D eigenvalue weighted by molar-refractivity contribution is 5.75. The fourth-order valence-corrected chi connectivity index (χ4v) is 3.57. The molecular weight excluding hydrogens is 332 g/mol. The molecule has 2 aliphatic heterocycles. The zero-order valence-corrected chi connectivity index (χ0v) is 16.0. The van der Waals surface area contributed by atoms with Gasteiger partial charge in [-0.2, -0.15) is 5.10 Å². The highest BCUT2D eigenvalue weighted by Gasteiger charge is 2.31. The fourth-order valence-electron chi connectivity index (χ4n) is 3.57. The van der Waals surface area contributed by atoms with Crippen LogP contribution in [0.1, 0.15) is 52.1 Å². The molecule has 7 nitrogen and oxygen atoms in total. The average Bonchev–Trinajstić information content (AvgIpc) is 3.05. The van der Waals surface area contributed by atoms with Gasteiger partial charge in [0.15, 0.2) is 0 Å². The summed E-state index contributed by atoms with van der Waals surface area (Å²) in [4.78, 5) is 26.8. The lowest BCUT2D eigenvalue weighted by Crippen LogP contribution is -2.49. The van der Waals surface area contributed by atoms with Crippen molar-refractivity contribution in [2.75, 3.05) is 19.8 Å². The first-order valence-corrected chi connectivity index (χ1v) is 9.58. The van der Waals surface area contributed by atoms with Crippen LogP contribution in [0.15, 0.2) is 16.9 Å². The molecule has 2 saturated heterocycles. The minimum atomic E-state index is -0.120. The molecule has 3 rings (SSSR count). The Morgan fingerprint density at radius 3 is 2.69 bits per heavy atom. The zero-order chi connectivity index (χ0) is 18.7. The molecule has 0 saturated carbocycles. The third-order valence-electron chi connectivity index (χ3n) is 5.21. The molecule has 1 atom stereocenters. The van der Waals surface area contributed by atoms with Crippen LogP contribution in [0.25, 0.3) is 0 Å². The van der Waals surface area contributed by atoms with Crippen LogP contribution in [0.4, 0.5) is 4.79 Å². The predicted molar refractivity (Wildman–Crippen MR) is 99.3 cm³/mol. The number of urea groups is 1. The van der Waals surface area contributed by atoms with E-state index in [0.29, 0.717) is 19.8 Å². The summed E-state index contributed by atoms with van der Waals surface area (Å²) in [6.07, 6.45) is 3.58. The third kappa shape index (κ3) is 4.44. The normalized spacial score (nSPS) is 21.8. The Labute approximate surface area is 154 Å². The van der Waals surface area contributed by atoms with Gasteiger partial charge in [0.05, 0.1) is 18.3 Å². The summed E-state index contributed by atoms with van der Waals surface area (Å²) in [6.45, 7) is 8.81. The van der Waals surface area contributed by atoms with Crippen LogP contribution in [-0.4, -0.2) is 52.6 Å². The molecule has 0 spiro atoms. The van der Waals surface area contributed by atoms with Crippen LogP contribution in [0, 0.1) is 0 Å². The van der Waals surface area contributed by atoms with Crippen molar-refractivity contribution in [2.24, 2.45) is 0 Å². The summed E-state index contributed by atoms with van der Waals surface area (Å²) in [5.74, 6) is 0. The number of carbonyl (C=O) groups excluding carboxylic acids is 1. The second-order valence-electron chi connectivity index (χ2n) is 8.31. The van der Waals surface area contributed by atoms with Gasteiger partial charge < -0.3 is 15.0 Å². The van der Waals surface area contributed by atoms with Crippen molar-refractivity contribution in [1.82, 2.24) is 20.0 Å². The van der Waals surface area contributed by atoms with Gasteiger partial charge in [-0.15, -0.1) is 0 Å². The number of rotatable bonds is 3. The monoisotopic (exact) mass is 362 g/mol. The molecule has 0 radical (unpaired) electrons. The molecule has 1 aromatic heterocycles. The lowest BCUT2D eigenvalue weighted by Gasteiger charge is -2.29. The molecule has 1 aromatic rings. The summed E-state index contributed by atoms with van der Waals surface area (Å²) >= 11 is 0. The van der Waals surface area contributed by atoms with Crippen molar-refractivity contribution in [2.45, 2.75) is 70.5 Å². The Kier molecular flexibility index (Phi) is 5.65. The first-order chi connectivity index (χ1) is 12.3. The molecule has 0 aromatic carbocycles. The summed E-state index contributed by atoms with van der Waals surface area (Å²) < 4.78 is 6.87. The number of carbonyl (C=O) groups is 1. The number of hydrogen-bond acceptors (Lipinski definition) is 4. The Bertz CT molecular complexity index is 689. The van der Waals surface area contributed by atoms with Gasteiger partial charge in [0.1, 0.15) is 0 Å². The minimum Gasteiger partial charge on any atom is -0.381 e. The van der Waals surface area contributed by atoms with Crippen molar-refractivity contribution < 1.29 is 9.53 Å². The van der Waals surface area contributed by atoms with Crippen LogP contribution < -0.4 is 10.9 Å². The van der Waals surface area contributed by atoms with E-state index in [1.165, 1.54) is 4.68 Å². The maximum Gasteiger partial charge on any atom is 0.317 e. The number of aromatic nitrogens is 2. The van der Waals surface area contributed by atoms with E-state index in [2.05, 4.69) is 31.2 Å². The zero-order valence-electron chi connectivity index (χ0n) is 16.0. The van der Waals surface area contributed by atoms with E-state index in [4.69, 9.17) is 4.74 Å². The molecule has 1 unspecified atom stereocenters. The van der Waals surface area contributed by atoms with Crippen LogP contribution in [-0.2, 0) is 16.7 Å². The average molecular weight is 362 g/mol. The van der Waals surface area contributed by atoms with Gasteiger partial charge in [0, 0.05) is 37.3 Å². The van der Waals surface area contributed by atoms with E-state index < -0.39 is 0 Å². The highest BCUT2D eigenvalue weighted by Crippen LogP contribution is 2.21. The first kappa shape index (κ1) is 18.9. The van der Waals surface area contributed by atoms with Gasteiger partial charge in [-0.25, -0.2) is 9.48 Å². The number of likely N-dealkylation sites (tertiary alicyclic amines) is 1. The molecule has 2 amide bonds. The fraction of sp³-hybridized carbons (Fsp3) is 0.737. The molecule has 2 aliphatic rings. The Morgan fingerprint density at radius 1 is 1.27 bits per heavy atom. The van der Waals surface area contributed by atoms with Gasteiger partial charge in [-0.05, 0) is 31.7 Å². The molecule has 3 heterocycles. The highest BCUT2D eigenvalue weighted by atomic mass is 16.5. The van der Waals surface area contributed by atoms with E-state index >= 15 is 0 Å². The van der Waals surface area contributed by atoms with Gasteiger partial charge in [0.25, 0.3) is 5.56 Å².